The van der Waals surface area contributed by atoms with Gasteiger partial charge in [0.2, 0.25) is 0 Å². The summed E-state index contributed by atoms with van der Waals surface area (Å²) in [5.41, 5.74) is 6.00. The average molecular weight is 245 g/mol. The SMILES string of the molecule is C[C@]1(C2CC2)NC(=O)N(c2cccc(N)c2)C1=O. The molecule has 0 bridgehead atoms. The second-order valence-electron chi connectivity index (χ2n) is 5.14. The van der Waals surface area contributed by atoms with Crippen LogP contribution in [0.15, 0.2) is 24.3 Å². The number of imide groups is 1. The summed E-state index contributed by atoms with van der Waals surface area (Å²) >= 11 is 0. The van der Waals surface area contributed by atoms with Crippen LogP contribution in [0.1, 0.15) is 19.8 Å². The normalized spacial score (nSPS) is 27.5. The summed E-state index contributed by atoms with van der Waals surface area (Å²) in [7, 11) is 0. The summed E-state index contributed by atoms with van der Waals surface area (Å²) in [4.78, 5) is 25.6. The van der Waals surface area contributed by atoms with Crippen LogP contribution in [0.5, 0.6) is 0 Å². The Labute approximate surface area is 105 Å². The van der Waals surface area contributed by atoms with E-state index in [1.165, 1.54) is 4.90 Å². The number of urea groups is 1. The molecule has 0 spiro atoms. The van der Waals surface area contributed by atoms with Crippen LogP contribution in [-0.2, 0) is 4.79 Å². The molecule has 1 aliphatic heterocycles. The van der Waals surface area contributed by atoms with E-state index in [4.69, 9.17) is 5.73 Å². The van der Waals surface area contributed by atoms with Crippen LogP contribution in [0.2, 0.25) is 0 Å². The smallest absolute Gasteiger partial charge is 0.329 e. The molecule has 1 aromatic rings. The van der Waals surface area contributed by atoms with Gasteiger partial charge >= 0.3 is 6.03 Å². The molecule has 0 radical (unpaired) electrons. The van der Waals surface area contributed by atoms with Gasteiger partial charge < -0.3 is 11.1 Å². The highest BCUT2D eigenvalue weighted by Gasteiger charge is 2.56. The van der Waals surface area contributed by atoms with Crippen LogP contribution in [0.3, 0.4) is 0 Å². The number of hydrogen-bond donors (Lipinski definition) is 2. The zero-order valence-electron chi connectivity index (χ0n) is 10.1. The monoisotopic (exact) mass is 245 g/mol. The molecule has 18 heavy (non-hydrogen) atoms. The van der Waals surface area contributed by atoms with Crippen LogP contribution in [-0.4, -0.2) is 17.5 Å². The fourth-order valence-corrected chi connectivity index (χ4v) is 2.49. The first kappa shape index (κ1) is 11.1. The number of nitrogens with two attached hydrogens (primary N) is 1. The van der Waals surface area contributed by atoms with E-state index >= 15 is 0 Å². The lowest BCUT2D eigenvalue weighted by molar-refractivity contribution is -0.122. The zero-order chi connectivity index (χ0) is 12.9. The number of anilines is 2. The van der Waals surface area contributed by atoms with Crippen LogP contribution in [0, 0.1) is 5.92 Å². The van der Waals surface area contributed by atoms with Crippen molar-refractivity contribution in [3.8, 4) is 0 Å². The van der Waals surface area contributed by atoms with Crippen LogP contribution in [0.4, 0.5) is 16.2 Å². The topological polar surface area (TPSA) is 75.4 Å². The first-order valence-corrected chi connectivity index (χ1v) is 6.04. The van der Waals surface area contributed by atoms with E-state index < -0.39 is 5.54 Å². The number of nitrogens with one attached hydrogen (secondary N) is 1. The van der Waals surface area contributed by atoms with Crippen molar-refractivity contribution in [2.75, 3.05) is 10.6 Å². The molecule has 3 N–H and O–H groups in total. The average Bonchev–Trinajstić information content (AvgIpc) is 3.09. The summed E-state index contributed by atoms with van der Waals surface area (Å²) < 4.78 is 0. The first-order valence-electron chi connectivity index (χ1n) is 6.04. The number of benzene rings is 1. The summed E-state index contributed by atoms with van der Waals surface area (Å²) in [6.07, 6.45) is 1.99. The lowest BCUT2D eigenvalue weighted by Crippen LogP contribution is -2.46. The second-order valence-corrected chi connectivity index (χ2v) is 5.14. The summed E-state index contributed by atoms with van der Waals surface area (Å²) in [6, 6.07) is 6.45. The highest BCUT2D eigenvalue weighted by molar-refractivity contribution is 6.23. The minimum absolute atomic E-state index is 0.180. The van der Waals surface area contributed by atoms with Gasteiger partial charge in [0.15, 0.2) is 0 Å². The van der Waals surface area contributed by atoms with E-state index in [1.807, 2.05) is 0 Å². The van der Waals surface area contributed by atoms with Gasteiger partial charge in [-0.3, -0.25) is 4.79 Å². The standard InChI is InChI=1S/C13H15N3O2/c1-13(8-5-6-8)11(17)16(12(18)15-13)10-4-2-3-9(14)7-10/h2-4,7-8H,5-6,14H2,1H3,(H,15,18)/t13-/m1/s1. The van der Waals surface area contributed by atoms with Gasteiger partial charge in [0.25, 0.3) is 5.91 Å². The maximum atomic E-state index is 12.4. The fourth-order valence-electron chi connectivity index (χ4n) is 2.49. The highest BCUT2D eigenvalue weighted by Crippen LogP contribution is 2.43. The third-order valence-electron chi connectivity index (χ3n) is 3.74. The molecule has 1 atom stereocenters. The largest absolute Gasteiger partial charge is 0.399 e. The Kier molecular flexibility index (Phi) is 2.14. The molecule has 1 saturated carbocycles. The molecular weight excluding hydrogens is 230 g/mol. The van der Waals surface area contributed by atoms with E-state index in [9.17, 15) is 9.59 Å². The van der Waals surface area contributed by atoms with Gasteiger partial charge in [-0.2, -0.15) is 0 Å². The van der Waals surface area contributed by atoms with Crippen molar-refractivity contribution in [1.82, 2.24) is 5.32 Å². The van der Waals surface area contributed by atoms with Gasteiger partial charge in [0, 0.05) is 5.69 Å². The molecule has 0 aromatic heterocycles. The minimum atomic E-state index is -0.748. The number of nitrogen functional groups attached to an aromatic ring is 1. The molecule has 3 amide bonds. The predicted molar refractivity (Wildman–Crippen MR) is 68.0 cm³/mol. The Morgan fingerprint density at radius 2 is 2.11 bits per heavy atom. The van der Waals surface area contributed by atoms with Crippen molar-refractivity contribution in [3.63, 3.8) is 0 Å². The zero-order valence-corrected chi connectivity index (χ0v) is 10.1. The summed E-state index contributed by atoms with van der Waals surface area (Å²) in [5, 5.41) is 2.81. The Balaban J connectivity index is 1.98. The second kappa shape index (κ2) is 3.48. The van der Waals surface area contributed by atoms with Crippen LogP contribution >= 0.6 is 0 Å². The predicted octanol–water partition coefficient (Wildman–Crippen LogP) is 1.49. The molecule has 5 nitrogen and oxygen atoms in total. The van der Waals surface area contributed by atoms with Gasteiger partial charge in [0.05, 0.1) is 5.69 Å². The molecule has 0 unspecified atom stereocenters. The molecule has 1 saturated heterocycles. The van der Waals surface area contributed by atoms with Gasteiger partial charge in [0.1, 0.15) is 5.54 Å². The number of amides is 3. The Morgan fingerprint density at radius 3 is 2.72 bits per heavy atom. The van der Waals surface area contributed by atoms with Gasteiger partial charge in [-0.05, 0) is 43.9 Å². The number of rotatable bonds is 2. The fraction of sp³-hybridized carbons (Fsp3) is 0.385. The molecule has 5 heteroatoms. The van der Waals surface area contributed by atoms with Crippen LogP contribution in [0.25, 0.3) is 0 Å². The van der Waals surface area contributed by atoms with Crippen molar-refractivity contribution in [2.24, 2.45) is 5.92 Å². The van der Waals surface area contributed by atoms with Crippen molar-refractivity contribution in [3.05, 3.63) is 24.3 Å². The molecule has 1 heterocycles. The molecule has 1 aromatic carbocycles. The molecule has 2 aliphatic rings. The maximum Gasteiger partial charge on any atom is 0.329 e. The third kappa shape index (κ3) is 1.47. The van der Waals surface area contributed by atoms with Crippen molar-refractivity contribution in [2.45, 2.75) is 25.3 Å². The van der Waals surface area contributed by atoms with Gasteiger partial charge in [-0.1, -0.05) is 6.07 Å². The number of nitrogens with zero attached hydrogens (tertiary/aromatic N) is 1. The molecule has 2 fully saturated rings. The van der Waals surface area contributed by atoms with E-state index in [2.05, 4.69) is 5.32 Å². The molecule has 1 aliphatic carbocycles. The quantitative estimate of drug-likeness (QED) is 0.612. The lowest BCUT2D eigenvalue weighted by atomic mass is 9.96. The minimum Gasteiger partial charge on any atom is -0.399 e. The highest BCUT2D eigenvalue weighted by atomic mass is 16.2. The molecule has 3 rings (SSSR count). The maximum absolute atomic E-state index is 12.4. The lowest BCUT2D eigenvalue weighted by Gasteiger charge is -2.21. The Hall–Kier alpha value is -2.04. The van der Waals surface area contributed by atoms with E-state index in [0.717, 1.165) is 12.8 Å². The van der Waals surface area contributed by atoms with Gasteiger partial charge in [-0.15, -0.1) is 0 Å². The Morgan fingerprint density at radius 1 is 1.39 bits per heavy atom. The van der Waals surface area contributed by atoms with E-state index in [-0.39, 0.29) is 17.9 Å². The van der Waals surface area contributed by atoms with Crippen molar-refractivity contribution in [1.29, 1.82) is 0 Å². The Bertz CT molecular complexity index is 539. The summed E-state index contributed by atoms with van der Waals surface area (Å²) in [5.74, 6) is 0.0839. The van der Waals surface area contributed by atoms with Gasteiger partial charge in [-0.25, -0.2) is 9.69 Å². The molecular formula is C13H15N3O2. The number of carbonyl (C=O) groups is 2. The number of hydrogen-bond acceptors (Lipinski definition) is 3. The first-order chi connectivity index (χ1) is 8.52. The van der Waals surface area contributed by atoms with E-state index in [1.54, 1.807) is 31.2 Å². The van der Waals surface area contributed by atoms with Crippen LogP contribution < -0.4 is 16.0 Å². The number of carbonyl (C=O) groups excluding carboxylic acids is 2. The summed E-state index contributed by atoms with van der Waals surface area (Å²) in [6.45, 7) is 1.80. The van der Waals surface area contributed by atoms with Crippen molar-refractivity contribution >= 4 is 23.3 Å². The van der Waals surface area contributed by atoms with E-state index in [0.29, 0.717) is 11.4 Å². The third-order valence-corrected chi connectivity index (χ3v) is 3.74. The molecule has 94 valence electrons. The van der Waals surface area contributed by atoms with Crippen molar-refractivity contribution < 1.29 is 9.59 Å².